The molecule has 1 aliphatic heterocycles. The number of ether oxygens (including phenoxy) is 1. The van der Waals surface area contributed by atoms with Gasteiger partial charge in [-0.25, -0.2) is 0 Å². The maximum absolute atomic E-state index is 13.1. The van der Waals surface area contributed by atoms with Crippen LogP contribution in [0, 0.1) is 11.8 Å². The van der Waals surface area contributed by atoms with Crippen LogP contribution in [-0.4, -0.2) is 31.4 Å². The molecule has 0 aromatic heterocycles. The Balaban J connectivity index is 1.58. The van der Waals surface area contributed by atoms with E-state index in [9.17, 15) is 14.4 Å². The average molecular weight is 418 g/mol. The van der Waals surface area contributed by atoms with Gasteiger partial charge in [0.15, 0.2) is 0 Å². The Kier molecular flexibility index (Phi) is 7.83. The van der Waals surface area contributed by atoms with Gasteiger partial charge in [0.05, 0.1) is 19.3 Å². The summed E-state index contributed by atoms with van der Waals surface area (Å²) in [4.78, 5) is 37.9. The van der Waals surface area contributed by atoms with Crippen LogP contribution in [0.15, 0.2) is 48.5 Å². The first-order chi connectivity index (χ1) is 15.1. The van der Waals surface area contributed by atoms with Crippen LogP contribution in [0.5, 0.6) is 0 Å². The number of hydrogen-bond donors (Lipinski definition) is 1. The molecule has 0 saturated carbocycles. The highest BCUT2D eigenvalue weighted by Crippen LogP contribution is 2.25. The fraction of sp³-hybridized carbons (Fsp3) is 0.320. The quantitative estimate of drug-likeness (QED) is 0.406. The predicted octanol–water partition coefficient (Wildman–Crippen LogP) is 3.17. The van der Waals surface area contributed by atoms with Gasteiger partial charge in [0.25, 0.3) is 0 Å². The van der Waals surface area contributed by atoms with Crippen molar-refractivity contribution in [1.82, 2.24) is 5.32 Å². The summed E-state index contributed by atoms with van der Waals surface area (Å²) in [6, 6.07) is 15.4. The van der Waals surface area contributed by atoms with Gasteiger partial charge in [-0.2, -0.15) is 0 Å². The Labute approximate surface area is 182 Å². The van der Waals surface area contributed by atoms with E-state index in [0.29, 0.717) is 32.2 Å². The van der Waals surface area contributed by atoms with Crippen molar-refractivity contribution < 1.29 is 19.1 Å². The van der Waals surface area contributed by atoms with Crippen LogP contribution in [0.25, 0.3) is 0 Å². The molecule has 0 fully saturated rings. The van der Waals surface area contributed by atoms with Crippen LogP contribution in [0.1, 0.15) is 48.8 Å². The number of methoxy groups -OCH3 is 1. The molecular weight excluding hydrogens is 392 g/mol. The van der Waals surface area contributed by atoms with Gasteiger partial charge in [-0.3, -0.25) is 14.4 Å². The van der Waals surface area contributed by atoms with Gasteiger partial charge in [0.2, 0.25) is 11.8 Å². The third-order valence-corrected chi connectivity index (χ3v) is 5.10. The Bertz CT molecular complexity index is 1020. The molecule has 0 radical (unpaired) electrons. The minimum absolute atomic E-state index is 0.0723. The maximum atomic E-state index is 13.1. The Morgan fingerprint density at radius 2 is 1.61 bits per heavy atom. The van der Waals surface area contributed by atoms with Gasteiger partial charge >= 0.3 is 5.97 Å². The molecule has 1 N–H and O–H groups in total. The summed E-state index contributed by atoms with van der Waals surface area (Å²) >= 11 is 0. The first-order valence-electron chi connectivity index (χ1n) is 10.4. The minimum atomic E-state index is -0.272. The van der Waals surface area contributed by atoms with E-state index in [1.165, 1.54) is 7.11 Å². The van der Waals surface area contributed by atoms with Crippen LogP contribution in [0.2, 0.25) is 0 Å². The number of unbranched alkanes of at least 4 members (excludes halogenated alkanes) is 1. The molecule has 3 rings (SSSR count). The van der Waals surface area contributed by atoms with Gasteiger partial charge in [-0.1, -0.05) is 42.2 Å². The lowest BCUT2D eigenvalue weighted by atomic mass is 10.0. The van der Waals surface area contributed by atoms with Gasteiger partial charge < -0.3 is 15.0 Å². The molecule has 160 valence electrons. The van der Waals surface area contributed by atoms with E-state index in [-0.39, 0.29) is 30.7 Å². The van der Waals surface area contributed by atoms with Crippen LogP contribution in [0.4, 0.5) is 5.69 Å². The minimum Gasteiger partial charge on any atom is -0.469 e. The van der Waals surface area contributed by atoms with Crippen LogP contribution in [-0.2, 0) is 25.7 Å². The van der Waals surface area contributed by atoms with E-state index >= 15 is 0 Å². The van der Waals surface area contributed by atoms with Crippen molar-refractivity contribution in [1.29, 1.82) is 0 Å². The second-order valence-electron chi connectivity index (χ2n) is 7.29. The highest BCUT2D eigenvalue weighted by atomic mass is 16.5. The summed E-state index contributed by atoms with van der Waals surface area (Å²) in [5, 5.41) is 2.80. The molecule has 2 aromatic rings. The van der Waals surface area contributed by atoms with Gasteiger partial charge in [-0.15, -0.1) is 0 Å². The molecule has 31 heavy (non-hydrogen) atoms. The molecule has 0 saturated heterocycles. The van der Waals surface area contributed by atoms with Crippen molar-refractivity contribution in [2.24, 2.45) is 0 Å². The van der Waals surface area contributed by atoms with Gasteiger partial charge in [-0.05, 0) is 36.6 Å². The zero-order chi connectivity index (χ0) is 22.1. The highest BCUT2D eigenvalue weighted by Gasteiger charge is 2.21. The fourth-order valence-electron chi connectivity index (χ4n) is 3.40. The normalized spacial score (nSPS) is 11.7. The number of hydrogen-bond acceptors (Lipinski definition) is 4. The van der Waals surface area contributed by atoms with Crippen molar-refractivity contribution in [2.45, 2.75) is 38.6 Å². The number of fused-ring (bicyclic) bond motifs is 2. The van der Waals surface area contributed by atoms with Gasteiger partial charge in [0.1, 0.15) is 0 Å². The average Bonchev–Trinajstić information content (AvgIpc) is 2.78. The number of esters is 1. The number of amides is 2. The Morgan fingerprint density at radius 3 is 2.42 bits per heavy atom. The highest BCUT2D eigenvalue weighted by molar-refractivity contribution is 5.95. The molecule has 0 atom stereocenters. The van der Waals surface area contributed by atoms with Crippen molar-refractivity contribution in [3.8, 4) is 11.8 Å². The SMILES string of the molecule is COC(=O)CCCCC(=O)NCCC(=O)N1Cc2ccccc2C#Cc2ccccc21. The number of para-hydroxylation sites is 1. The van der Waals surface area contributed by atoms with Crippen LogP contribution >= 0.6 is 0 Å². The molecule has 6 nitrogen and oxygen atoms in total. The monoisotopic (exact) mass is 418 g/mol. The molecule has 1 aliphatic rings. The molecule has 0 spiro atoms. The van der Waals surface area contributed by atoms with Crippen molar-refractivity contribution in [3.05, 3.63) is 65.2 Å². The number of nitrogens with zero attached hydrogens (tertiary/aromatic N) is 1. The first-order valence-corrected chi connectivity index (χ1v) is 10.4. The molecule has 0 aliphatic carbocycles. The third-order valence-electron chi connectivity index (χ3n) is 5.10. The van der Waals surface area contributed by atoms with E-state index in [2.05, 4.69) is 21.9 Å². The van der Waals surface area contributed by atoms with Crippen LogP contribution < -0.4 is 10.2 Å². The Hall–Kier alpha value is -3.59. The molecule has 6 heteroatoms. The third kappa shape index (κ3) is 6.19. The van der Waals surface area contributed by atoms with E-state index in [1.54, 1.807) is 4.90 Å². The molecular formula is C25H26N2O4. The number of carbonyl (C=O) groups is 3. The first kappa shape index (κ1) is 22.1. The lowest BCUT2D eigenvalue weighted by Crippen LogP contribution is -2.35. The second kappa shape index (κ2) is 11.0. The van der Waals surface area contributed by atoms with Gasteiger partial charge in [0, 0.05) is 36.9 Å². The van der Waals surface area contributed by atoms with Crippen LogP contribution in [0.3, 0.4) is 0 Å². The van der Waals surface area contributed by atoms with Crippen molar-refractivity contribution in [2.75, 3.05) is 18.6 Å². The Morgan fingerprint density at radius 1 is 0.935 bits per heavy atom. The zero-order valence-electron chi connectivity index (χ0n) is 17.6. The molecule has 0 bridgehead atoms. The molecule has 1 heterocycles. The number of anilines is 1. The largest absolute Gasteiger partial charge is 0.469 e. The summed E-state index contributed by atoms with van der Waals surface area (Å²) < 4.78 is 4.58. The van der Waals surface area contributed by atoms with E-state index < -0.39 is 0 Å². The van der Waals surface area contributed by atoms with E-state index in [0.717, 1.165) is 22.4 Å². The summed E-state index contributed by atoms with van der Waals surface area (Å²) in [6.07, 6.45) is 2.02. The number of benzene rings is 2. The smallest absolute Gasteiger partial charge is 0.305 e. The maximum Gasteiger partial charge on any atom is 0.305 e. The van der Waals surface area contributed by atoms with E-state index in [1.807, 2.05) is 48.5 Å². The zero-order valence-corrected chi connectivity index (χ0v) is 17.6. The second-order valence-corrected chi connectivity index (χ2v) is 7.29. The van der Waals surface area contributed by atoms with Crippen molar-refractivity contribution in [3.63, 3.8) is 0 Å². The number of rotatable bonds is 8. The lowest BCUT2D eigenvalue weighted by Gasteiger charge is -2.26. The lowest BCUT2D eigenvalue weighted by molar-refractivity contribution is -0.140. The topological polar surface area (TPSA) is 75.7 Å². The number of carbonyl (C=O) groups excluding carboxylic acids is 3. The van der Waals surface area contributed by atoms with E-state index in [4.69, 9.17) is 0 Å². The summed E-state index contributed by atoms with van der Waals surface area (Å²) in [7, 11) is 1.35. The summed E-state index contributed by atoms with van der Waals surface area (Å²) in [6.45, 7) is 0.697. The number of nitrogens with one attached hydrogen (secondary N) is 1. The molecule has 0 unspecified atom stereocenters. The summed E-state index contributed by atoms with van der Waals surface area (Å²) in [5.74, 6) is 5.91. The summed E-state index contributed by atoms with van der Waals surface area (Å²) in [5.41, 5.74) is 3.49. The molecule has 2 amide bonds. The molecule has 2 aromatic carbocycles. The van der Waals surface area contributed by atoms with Crippen molar-refractivity contribution >= 4 is 23.5 Å². The predicted molar refractivity (Wildman–Crippen MR) is 118 cm³/mol. The standard InChI is InChI=1S/C25H26N2O4/c1-31-25(30)13-7-6-12-23(28)26-17-16-24(29)27-18-21-10-3-2-8-19(21)14-15-20-9-4-5-11-22(20)27/h2-5,8-11H,6-7,12-13,16-18H2,1H3,(H,26,28). The fourth-order valence-corrected chi connectivity index (χ4v) is 3.40.